The monoisotopic (exact) mass is 220 g/mol. The zero-order chi connectivity index (χ0) is 11.5. The molecule has 2 aromatic rings. The predicted molar refractivity (Wildman–Crippen MR) is 55.9 cm³/mol. The van der Waals surface area contributed by atoms with Crippen molar-refractivity contribution in [2.75, 3.05) is 0 Å². The molecular formula is C10H9FN4O. The Labute approximate surface area is 90.2 Å². The zero-order valence-corrected chi connectivity index (χ0v) is 8.27. The van der Waals surface area contributed by atoms with Gasteiger partial charge >= 0.3 is 0 Å². The summed E-state index contributed by atoms with van der Waals surface area (Å²) in [5.41, 5.74) is 5.83. The normalized spacial score (nSPS) is 10.4. The van der Waals surface area contributed by atoms with Crippen LogP contribution in [0.25, 0.3) is 11.5 Å². The molecule has 16 heavy (non-hydrogen) atoms. The van der Waals surface area contributed by atoms with Crippen LogP contribution >= 0.6 is 0 Å². The van der Waals surface area contributed by atoms with Crippen LogP contribution in [0.4, 0.5) is 4.39 Å². The van der Waals surface area contributed by atoms with E-state index in [0.29, 0.717) is 17.1 Å². The van der Waals surface area contributed by atoms with Crippen LogP contribution in [-0.2, 0) is 6.54 Å². The molecule has 82 valence electrons. The second kappa shape index (κ2) is 4.19. The van der Waals surface area contributed by atoms with Gasteiger partial charge in [0.2, 0.25) is 0 Å². The third-order valence-electron chi connectivity index (χ3n) is 2.06. The number of aromatic amines is 1. The van der Waals surface area contributed by atoms with Crippen LogP contribution in [0.5, 0.6) is 0 Å². The van der Waals surface area contributed by atoms with E-state index in [1.807, 2.05) is 0 Å². The molecule has 3 N–H and O–H groups in total. The average molecular weight is 220 g/mol. The predicted octanol–water partition coefficient (Wildman–Crippen LogP) is 0.430. The van der Waals surface area contributed by atoms with Crippen molar-refractivity contribution in [2.24, 2.45) is 5.73 Å². The summed E-state index contributed by atoms with van der Waals surface area (Å²) in [6.45, 7) is 0.124. The fraction of sp³-hybridized carbons (Fsp3) is 0.100. The second-order valence-electron chi connectivity index (χ2n) is 3.15. The van der Waals surface area contributed by atoms with Crippen molar-refractivity contribution in [3.63, 3.8) is 0 Å². The SMILES string of the molecule is NCc1cnc(-c2ccc(F)cn2)[nH]c1=O. The van der Waals surface area contributed by atoms with Crippen LogP contribution in [0.15, 0.2) is 29.3 Å². The van der Waals surface area contributed by atoms with Gasteiger partial charge in [0.25, 0.3) is 5.56 Å². The van der Waals surface area contributed by atoms with Crippen molar-refractivity contribution < 1.29 is 4.39 Å². The summed E-state index contributed by atoms with van der Waals surface area (Å²) < 4.78 is 12.6. The molecule has 6 heteroatoms. The molecule has 2 aromatic heterocycles. The van der Waals surface area contributed by atoms with Crippen molar-refractivity contribution in [3.8, 4) is 11.5 Å². The number of nitrogens with zero attached hydrogens (tertiary/aromatic N) is 2. The molecule has 0 atom stereocenters. The summed E-state index contributed by atoms with van der Waals surface area (Å²) >= 11 is 0. The van der Waals surface area contributed by atoms with Gasteiger partial charge < -0.3 is 10.7 Å². The van der Waals surface area contributed by atoms with E-state index < -0.39 is 5.82 Å². The van der Waals surface area contributed by atoms with Gasteiger partial charge in [-0.05, 0) is 12.1 Å². The number of nitrogens with one attached hydrogen (secondary N) is 1. The van der Waals surface area contributed by atoms with E-state index in [1.54, 1.807) is 0 Å². The fourth-order valence-corrected chi connectivity index (χ4v) is 1.21. The molecule has 5 nitrogen and oxygen atoms in total. The van der Waals surface area contributed by atoms with Crippen LogP contribution in [0.2, 0.25) is 0 Å². The Balaban J connectivity index is 2.45. The first-order chi connectivity index (χ1) is 7.70. The van der Waals surface area contributed by atoms with Crippen molar-refractivity contribution >= 4 is 0 Å². The van der Waals surface area contributed by atoms with Crippen LogP contribution in [0.3, 0.4) is 0 Å². The number of halogens is 1. The molecule has 0 amide bonds. The molecule has 0 aromatic carbocycles. The van der Waals surface area contributed by atoms with Gasteiger partial charge in [0.05, 0.1) is 6.20 Å². The van der Waals surface area contributed by atoms with Gasteiger partial charge in [0.1, 0.15) is 11.5 Å². The third kappa shape index (κ3) is 1.96. The first kappa shape index (κ1) is 10.4. The van der Waals surface area contributed by atoms with E-state index >= 15 is 0 Å². The van der Waals surface area contributed by atoms with Crippen molar-refractivity contribution in [1.29, 1.82) is 0 Å². The Morgan fingerprint density at radius 1 is 1.31 bits per heavy atom. The molecular weight excluding hydrogens is 211 g/mol. The molecule has 0 spiro atoms. The first-order valence-corrected chi connectivity index (χ1v) is 4.61. The highest BCUT2D eigenvalue weighted by Crippen LogP contribution is 2.09. The molecule has 0 bridgehead atoms. The number of hydrogen-bond donors (Lipinski definition) is 2. The third-order valence-corrected chi connectivity index (χ3v) is 2.06. The van der Waals surface area contributed by atoms with E-state index in [0.717, 1.165) is 6.20 Å². The van der Waals surface area contributed by atoms with E-state index in [9.17, 15) is 9.18 Å². The molecule has 0 saturated heterocycles. The quantitative estimate of drug-likeness (QED) is 0.768. The summed E-state index contributed by atoms with van der Waals surface area (Å²) in [6, 6.07) is 2.69. The molecule has 0 aliphatic heterocycles. The lowest BCUT2D eigenvalue weighted by Crippen LogP contribution is -2.17. The van der Waals surface area contributed by atoms with Crippen LogP contribution < -0.4 is 11.3 Å². The molecule has 0 aliphatic rings. The molecule has 2 heterocycles. The number of hydrogen-bond acceptors (Lipinski definition) is 4. The van der Waals surface area contributed by atoms with Crippen LogP contribution in [-0.4, -0.2) is 15.0 Å². The summed E-state index contributed by atoms with van der Waals surface area (Å²) in [5.74, 6) is -0.146. The zero-order valence-electron chi connectivity index (χ0n) is 8.27. The minimum Gasteiger partial charge on any atom is -0.326 e. The number of aromatic nitrogens is 3. The average Bonchev–Trinajstić information content (AvgIpc) is 2.30. The molecule has 0 radical (unpaired) electrons. The molecule has 0 saturated carbocycles. The highest BCUT2D eigenvalue weighted by Gasteiger charge is 2.04. The topological polar surface area (TPSA) is 84.7 Å². The highest BCUT2D eigenvalue weighted by atomic mass is 19.1. The maximum Gasteiger partial charge on any atom is 0.255 e. The Kier molecular flexibility index (Phi) is 2.74. The maximum atomic E-state index is 12.6. The minimum atomic E-state index is -0.440. The molecule has 0 aliphatic carbocycles. The standard InChI is InChI=1S/C10H9FN4O/c11-7-1-2-8(13-5-7)9-14-4-6(3-12)10(16)15-9/h1-2,4-5H,3,12H2,(H,14,15,16). The first-order valence-electron chi connectivity index (χ1n) is 4.61. The van der Waals surface area contributed by atoms with Crippen molar-refractivity contribution in [2.45, 2.75) is 6.54 Å². The van der Waals surface area contributed by atoms with Crippen LogP contribution in [0, 0.1) is 5.82 Å². The molecule has 0 fully saturated rings. The summed E-state index contributed by atoms with van der Waals surface area (Å²) in [5, 5.41) is 0. The Morgan fingerprint density at radius 3 is 2.69 bits per heavy atom. The van der Waals surface area contributed by atoms with Gasteiger partial charge in [0.15, 0.2) is 5.82 Å². The van der Waals surface area contributed by atoms with Gasteiger partial charge in [-0.2, -0.15) is 0 Å². The lowest BCUT2D eigenvalue weighted by Gasteiger charge is -2.00. The summed E-state index contributed by atoms with van der Waals surface area (Å²) in [4.78, 5) is 21.8. The Hall–Kier alpha value is -2.08. The van der Waals surface area contributed by atoms with E-state index in [1.165, 1.54) is 18.3 Å². The van der Waals surface area contributed by atoms with Crippen molar-refractivity contribution in [3.05, 3.63) is 46.3 Å². The van der Waals surface area contributed by atoms with Gasteiger partial charge in [-0.3, -0.25) is 4.79 Å². The van der Waals surface area contributed by atoms with E-state index in [2.05, 4.69) is 15.0 Å². The van der Waals surface area contributed by atoms with Gasteiger partial charge in [-0.1, -0.05) is 0 Å². The fourth-order valence-electron chi connectivity index (χ4n) is 1.21. The van der Waals surface area contributed by atoms with E-state index in [-0.39, 0.29) is 12.1 Å². The molecule has 2 rings (SSSR count). The van der Waals surface area contributed by atoms with Gasteiger partial charge in [-0.25, -0.2) is 14.4 Å². The summed E-state index contributed by atoms with van der Waals surface area (Å²) in [7, 11) is 0. The highest BCUT2D eigenvalue weighted by molar-refractivity contribution is 5.47. The Bertz CT molecular complexity index is 549. The minimum absolute atomic E-state index is 0.124. The second-order valence-corrected chi connectivity index (χ2v) is 3.15. The lowest BCUT2D eigenvalue weighted by atomic mass is 10.3. The Morgan fingerprint density at radius 2 is 2.12 bits per heavy atom. The number of rotatable bonds is 2. The van der Waals surface area contributed by atoms with Crippen molar-refractivity contribution in [1.82, 2.24) is 15.0 Å². The van der Waals surface area contributed by atoms with Gasteiger partial charge in [-0.15, -0.1) is 0 Å². The number of nitrogens with two attached hydrogens (primary N) is 1. The summed E-state index contributed by atoms with van der Waals surface area (Å²) in [6.07, 6.45) is 2.45. The van der Waals surface area contributed by atoms with Gasteiger partial charge in [0, 0.05) is 18.3 Å². The number of pyridine rings is 1. The largest absolute Gasteiger partial charge is 0.326 e. The van der Waals surface area contributed by atoms with Crippen LogP contribution in [0.1, 0.15) is 5.56 Å². The molecule has 0 unspecified atom stereocenters. The number of H-pyrrole nitrogens is 1. The maximum absolute atomic E-state index is 12.6. The lowest BCUT2D eigenvalue weighted by molar-refractivity contribution is 0.621. The smallest absolute Gasteiger partial charge is 0.255 e. The van der Waals surface area contributed by atoms with E-state index in [4.69, 9.17) is 5.73 Å².